The second-order valence-corrected chi connectivity index (χ2v) is 15.7. The van der Waals surface area contributed by atoms with Gasteiger partial charge in [0.15, 0.2) is 81.4 Å². The molecule has 1 aliphatic carbocycles. The van der Waals surface area contributed by atoms with Crippen molar-refractivity contribution in [3.63, 3.8) is 0 Å². The zero-order chi connectivity index (χ0) is 49.7. The maximum atomic E-state index is 16.3. The van der Waals surface area contributed by atoms with Gasteiger partial charge in [-0.2, -0.15) is 0 Å². The molecule has 3 N–H and O–H groups in total. The highest BCUT2D eigenvalue weighted by Gasteiger charge is 2.36. The normalized spacial score (nSPS) is 12.8. The topological polar surface area (TPSA) is 94.4 Å². The minimum absolute atomic E-state index is 0.0645. The predicted molar refractivity (Wildman–Crippen MR) is 222 cm³/mol. The first-order valence-electron chi connectivity index (χ1n) is 19.9. The molecule has 70 heavy (non-hydrogen) atoms. The molecule has 0 spiro atoms. The fraction of sp³-hybridized carbons (Fsp3) is 0. The van der Waals surface area contributed by atoms with Crippen LogP contribution in [0.1, 0.15) is 43.2 Å². The third kappa shape index (κ3) is 5.83. The van der Waals surface area contributed by atoms with Gasteiger partial charge < -0.3 is 15.0 Å². The lowest BCUT2D eigenvalue weighted by molar-refractivity contribution is 0.0980. The third-order valence-electron chi connectivity index (χ3n) is 12.1. The van der Waals surface area contributed by atoms with Gasteiger partial charge in [0.1, 0.15) is 0 Å². The minimum Gasteiger partial charge on any atom is -0.354 e. The smallest absolute Gasteiger partial charge is 0.200 e. The highest BCUT2D eigenvalue weighted by atomic mass is 19.2. The molecule has 0 saturated carbocycles. The molecular weight excluding hydrogens is 962 g/mol. The van der Waals surface area contributed by atoms with Crippen molar-refractivity contribution in [1.82, 2.24) is 19.9 Å². The number of H-pyrrole nitrogens is 3. The molecule has 0 atom stereocenters. The Kier molecular flexibility index (Phi) is 9.53. The van der Waals surface area contributed by atoms with Crippen LogP contribution in [-0.2, 0) is 0 Å². The summed E-state index contributed by atoms with van der Waals surface area (Å²) in [6.45, 7) is 0. The molecule has 0 amide bonds. The van der Waals surface area contributed by atoms with Gasteiger partial charge in [-0.3, -0.25) is 9.59 Å². The first kappa shape index (κ1) is 43.9. The Morgan fingerprint density at radius 1 is 0.314 bits per heavy atom. The second-order valence-electron chi connectivity index (χ2n) is 15.7. The van der Waals surface area contributed by atoms with E-state index in [0.29, 0.717) is 0 Å². The van der Waals surface area contributed by atoms with Crippen molar-refractivity contribution in [3.8, 4) is 33.4 Å². The van der Waals surface area contributed by atoms with Crippen molar-refractivity contribution in [2.75, 3.05) is 0 Å². The van der Waals surface area contributed by atoms with Crippen molar-refractivity contribution < 1.29 is 75.4 Å². The molecule has 5 heterocycles. The number of aromatic nitrogens is 4. The van der Waals surface area contributed by atoms with E-state index in [0.717, 1.165) is 48.6 Å². The SMILES string of the molecule is O=C1c2ccccc2C(=O)c2c1ccc1c3[nH]c(c4ccc([nH]4)c(-c4c(F)c(F)c(F)c(F)c4F)c4nc(c(-c5c(F)c(F)c(F)c(F)c5F)c5ccc([nH]5)c3-c3c(F)c(F)c(F)c(F)c3F)C=C4)c21. The number of fused-ring (bicyclic) bond motifs is 15. The molecule has 5 aromatic carbocycles. The van der Waals surface area contributed by atoms with Gasteiger partial charge in [-0.25, -0.2) is 70.8 Å². The molecule has 4 aromatic heterocycles. The quantitative estimate of drug-likeness (QED) is 0.0935. The lowest BCUT2D eigenvalue weighted by Crippen LogP contribution is -2.20. The minimum atomic E-state index is -2.65. The number of hydrogen-bond acceptors (Lipinski definition) is 3. The van der Waals surface area contributed by atoms with Gasteiger partial charge in [-0.15, -0.1) is 0 Å². The number of benzene rings is 5. The lowest BCUT2D eigenvalue weighted by Gasteiger charge is -2.18. The fourth-order valence-corrected chi connectivity index (χ4v) is 8.99. The lowest BCUT2D eigenvalue weighted by atomic mass is 9.82. The molecular formula is C49H15F15N4O2. The third-order valence-corrected chi connectivity index (χ3v) is 12.1. The summed E-state index contributed by atoms with van der Waals surface area (Å²) in [5, 5.41) is -0.657. The van der Waals surface area contributed by atoms with Gasteiger partial charge in [-0.05, 0) is 42.5 Å². The monoisotopic (exact) mass is 976 g/mol. The molecule has 2 aliphatic rings. The number of carbonyl (C=O) groups excluding carboxylic acids is 2. The molecule has 0 fully saturated rings. The van der Waals surface area contributed by atoms with Gasteiger partial charge in [-0.1, -0.05) is 30.3 Å². The Bertz CT molecular complexity index is 4050. The van der Waals surface area contributed by atoms with E-state index in [-0.39, 0.29) is 38.5 Å². The second kappa shape index (κ2) is 15.2. The average molecular weight is 977 g/mol. The van der Waals surface area contributed by atoms with Crippen LogP contribution in [0, 0.1) is 87.3 Å². The summed E-state index contributed by atoms with van der Waals surface area (Å²) in [5.74, 6) is -39.3. The number of aromatic amines is 3. The van der Waals surface area contributed by atoms with Gasteiger partial charge in [0, 0.05) is 66.3 Å². The standard InChI is InChI=1S/C49H15F15N4O2/c50-31-28(32(51)38(57)43(62)37(31)56)25-17-7-8-18(65-17)26(29-33(52)39(58)44(63)40(59)34(29)53)20-11-12-22(67-20)47-23-15(5-6-16-24(23)49(70)14-4-2-1-3-13(14)48(16)69)46(68-47)27(21-10-9-19(25)66-21)30-35(54)41(60)45(64)42(61)36(30)55/h1-12,66-68H. The number of halogens is 15. The predicted octanol–water partition coefficient (Wildman–Crippen LogP) is 13.7. The summed E-state index contributed by atoms with van der Waals surface area (Å²) in [6, 6.07) is 11.3. The van der Waals surface area contributed by atoms with Crippen LogP contribution in [0.15, 0.2) is 60.7 Å². The molecule has 348 valence electrons. The summed E-state index contributed by atoms with van der Waals surface area (Å²) in [7, 11) is 0. The summed E-state index contributed by atoms with van der Waals surface area (Å²) in [6.07, 6.45) is 1.55. The van der Waals surface area contributed by atoms with Crippen molar-refractivity contribution in [1.29, 1.82) is 0 Å². The van der Waals surface area contributed by atoms with E-state index in [4.69, 9.17) is 0 Å². The van der Waals surface area contributed by atoms with Crippen LogP contribution >= 0.6 is 0 Å². The maximum Gasteiger partial charge on any atom is 0.200 e. The Morgan fingerprint density at radius 3 is 1.14 bits per heavy atom. The van der Waals surface area contributed by atoms with Crippen molar-refractivity contribution in [3.05, 3.63) is 182 Å². The van der Waals surface area contributed by atoms with Crippen LogP contribution in [0.2, 0.25) is 0 Å². The van der Waals surface area contributed by atoms with Crippen LogP contribution in [0.5, 0.6) is 0 Å². The van der Waals surface area contributed by atoms with E-state index in [2.05, 4.69) is 19.9 Å². The van der Waals surface area contributed by atoms with E-state index in [1.165, 1.54) is 24.3 Å². The molecule has 21 heteroatoms. The van der Waals surface area contributed by atoms with Crippen molar-refractivity contribution in [2.24, 2.45) is 0 Å². The highest BCUT2D eigenvalue weighted by molar-refractivity contribution is 6.35. The molecule has 0 unspecified atom stereocenters. The molecule has 8 bridgehead atoms. The molecule has 6 nitrogen and oxygen atoms in total. The van der Waals surface area contributed by atoms with E-state index >= 15 is 52.7 Å². The maximum absolute atomic E-state index is 16.3. The van der Waals surface area contributed by atoms with Crippen molar-refractivity contribution >= 4 is 67.6 Å². The highest BCUT2D eigenvalue weighted by Crippen LogP contribution is 2.46. The Balaban J connectivity index is 1.45. The van der Waals surface area contributed by atoms with Crippen LogP contribution in [0.3, 0.4) is 0 Å². The number of carbonyl (C=O) groups is 2. The van der Waals surface area contributed by atoms with E-state index in [9.17, 15) is 22.8 Å². The van der Waals surface area contributed by atoms with Gasteiger partial charge in [0.2, 0.25) is 17.5 Å². The van der Waals surface area contributed by atoms with Crippen LogP contribution in [0.4, 0.5) is 65.9 Å². The fourth-order valence-electron chi connectivity index (χ4n) is 8.99. The number of ketones is 2. The van der Waals surface area contributed by atoms with Crippen LogP contribution in [-0.4, -0.2) is 31.5 Å². The Morgan fingerprint density at radius 2 is 0.686 bits per heavy atom. The van der Waals surface area contributed by atoms with Crippen molar-refractivity contribution in [2.45, 2.75) is 0 Å². The molecule has 1 aliphatic heterocycles. The van der Waals surface area contributed by atoms with E-state index in [1.54, 1.807) is 0 Å². The van der Waals surface area contributed by atoms with E-state index < -0.39 is 171 Å². The molecule has 9 aromatic rings. The zero-order valence-corrected chi connectivity index (χ0v) is 33.9. The molecule has 0 radical (unpaired) electrons. The first-order valence-corrected chi connectivity index (χ1v) is 19.9. The largest absolute Gasteiger partial charge is 0.354 e. The number of hydrogen-bond donors (Lipinski definition) is 3. The average Bonchev–Trinajstić information content (AvgIpc) is 4.21. The first-order chi connectivity index (χ1) is 33.3. The van der Waals surface area contributed by atoms with Gasteiger partial charge in [0.05, 0.1) is 44.6 Å². The zero-order valence-electron chi connectivity index (χ0n) is 33.9. The summed E-state index contributed by atoms with van der Waals surface area (Å²) < 4.78 is 231. The molecule has 11 rings (SSSR count). The summed E-state index contributed by atoms with van der Waals surface area (Å²) in [5.41, 5.74) is -14.4. The Hall–Kier alpha value is -8.62. The van der Waals surface area contributed by atoms with E-state index in [1.807, 2.05) is 0 Å². The number of rotatable bonds is 3. The molecule has 0 saturated heterocycles. The Labute approximate surface area is 377 Å². The van der Waals surface area contributed by atoms with Crippen LogP contribution in [0.25, 0.3) is 89.4 Å². The number of nitrogens with zero attached hydrogens (tertiary/aromatic N) is 1. The van der Waals surface area contributed by atoms with Gasteiger partial charge >= 0.3 is 0 Å². The summed E-state index contributed by atoms with van der Waals surface area (Å²) in [4.78, 5) is 40.6. The number of nitrogens with one attached hydrogen (secondary N) is 3. The van der Waals surface area contributed by atoms with Gasteiger partial charge in [0.25, 0.3) is 0 Å². The van der Waals surface area contributed by atoms with Crippen LogP contribution < -0.4 is 0 Å². The summed E-state index contributed by atoms with van der Waals surface area (Å²) >= 11 is 0.